The van der Waals surface area contributed by atoms with Crippen molar-refractivity contribution < 1.29 is 0 Å². The fraction of sp³-hybridized carbons (Fsp3) is 0.538. The van der Waals surface area contributed by atoms with Crippen LogP contribution >= 0.6 is 0 Å². The fourth-order valence-electron chi connectivity index (χ4n) is 2.92. The molecule has 0 saturated heterocycles. The van der Waals surface area contributed by atoms with Crippen LogP contribution in [0.25, 0.3) is 11.2 Å². The number of hydrogen-bond acceptors (Lipinski definition) is 4. The Bertz CT molecular complexity index is 554. The van der Waals surface area contributed by atoms with Crippen LogP contribution in [-0.4, -0.2) is 21.5 Å². The highest BCUT2D eigenvalue weighted by Gasteiger charge is 2.35. The Hall–Kier alpha value is -1.62. The zero-order valence-corrected chi connectivity index (χ0v) is 10.4. The molecule has 0 spiro atoms. The highest BCUT2D eigenvalue weighted by Crippen LogP contribution is 2.37. The van der Waals surface area contributed by atoms with E-state index in [0.717, 1.165) is 24.2 Å². The van der Waals surface area contributed by atoms with Crippen molar-refractivity contribution in [2.45, 2.75) is 37.5 Å². The van der Waals surface area contributed by atoms with Crippen LogP contribution < -0.4 is 11.5 Å². The molecule has 1 aliphatic rings. The number of aromatic amines is 1. The van der Waals surface area contributed by atoms with Gasteiger partial charge in [-0.3, -0.25) is 0 Å². The van der Waals surface area contributed by atoms with Crippen LogP contribution in [0.15, 0.2) is 12.1 Å². The minimum atomic E-state index is 0.00765. The zero-order valence-electron chi connectivity index (χ0n) is 10.4. The Kier molecular flexibility index (Phi) is 2.70. The number of H-pyrrole nitrogens is 1. The van der Waals surface area contributed by atoms with Gasteiger partial charge >= 0.3 is 0 Å². The highest BCUT2D eigenvalue weighted by molar-refractivity contribution is 5.72. The van der Waals surface area contributed by atoms with E-state index in [9.17, 15) is 0 Å². The van der Waals surface area contributed by atoms with Crippen LogP contribution in [-0.2, 0) is 5.41 Å². The molecule has 96 valence electrons. The number of nitrogens with two attached hydrogens (primary N) is 2. The molecule has 0 aliphatic heterocycles. The lowest BCUT2D eigenvalue weighted by atomic mass is 9.73. The van der Waals surface area contributed by atoms with Crippen LogP contribution in [0.4, 0.5) is 5.82 Å². The second kappa shape index (κ2) is 4.24. The van der Waals surface area contributed by atoms with Gasteiger partial charge in [-0.1, -0.05) is 19.3 Å². The lowest BCUT2D eigenvalue weighted by molar-refractivity contribution is 0.288. The van der Waals surface area contributed by atoms with E-state index in [-0.39, 0.29) is 5.41 Å². The third-order valence-corrected chi connectivity index (χ3v) is 4.07. The highest BCUT2D eigenvalue weighted by atomic mass is 15.0. The van der Waals surface area contributed by atoms with Crippen LogP contribution in [0.1, 0.15) is 37.9 Å². The largest absolute Gasteiger partial charge is 0.384 e. The first-order valence-corrected chi connectivity index (χ1v) is 6.56. The number of fused-ring (bicyclic) bond motifs is 1. The molecule has 5 nitrogen and oxygen atoms in total. The second-order valence-corrected chi connectivity index (χ2v) is 5.24. The van der Waals surface area contributed by atoms with Crippen molar-refractivity contribution in [3.8, 4) is 0 Å². The van der Waals surface area contributed by atoms with E-state index in [2.05, 4.69) is 15.0 Å². The third-order valence-electron chi connectivity index (χ3n) is 4.07. The van der Waals surface area contributed by atoms with Crippen molar-refractivity contribution in [3.05, 3.63) is 18.0 Å². The number of imidazole rings is 1. The van der Waals surface area contributed by atoms with E-state index in [1.165, 1.54) is 19.3 Å². The quantitative estimate of drug-likeness (QED) is 0.750. The Balaban J connectivity index is 2.06. The van der Waals surface area contributed by atoms with Gasteiger partial charge in [0, 0.05) is 12.0 Å². The average Bonchev–Trinajstić information content (AvgIpc) is 2.83. The maximum Gasteiger partial charge on any atom is 0.179 e. The Morgan fingerprint density at radius 1 is 1.17 bits per heavy atom. The molecular formula is C13H19N5. The maximum atomic E-state index is 6.02. The minimum absolute atomic E-state index is 0.00765. The molecule has 2 aromatic heterocycles. The van der Waals surface area contributed by atoms with Crippen LogP contribution in [0.2, 0.25) is 0 Å². The molecule has 1 saturated carbocycles. The van der Waals surface area contributed by atoms with E-state index in [1.54, 1.807) is 6.07 Å². The summed E-state index contributed by atoms with van der Waals surface area (Å²) < 4.78 is 0. The summed E-state index contributed by atoms with van der Waals surface area (Å²) in [6.45, 7) is 0.641. The molecule has 1 aliphatic carbocycles. The molecule has 0 atom stereocenters. The summed E-state index contributed by atoms with van der Waals surface area (Å²) in [6.07, 6.45) is 5.97. The van der Waals surface area contributed by atoms with Crippen LogP contribution in [0, 0.1) is 0 Å². The molecule has 0 aromatic carbocycles. The molecule has 2 aromatic rings. The average molecular weight is 245 g/mol. The van der Waals surface area contributed by atoms with Crippen molar-refractivity contribution in [3.63, 3.8) is 0 Å². The topological polar surface area (TPSA) is 93.6 Å². The fourth-order valence-corrected chi connectivity index (χ4v) is 2.92. The molecule has 0 bridgehead atoms. The van der Waals surface area contributed by atoms with Crippen molar-refractivity contribution in [2.24, 2.45) is 5.73 Å². The molecule has 0 amide bonds. The smallest absolute Gasteiger partial charge is 0.179 e. The Morgan fingerprint density at radius 2 is 1.94 bits per heavy atom. The van der Waals surface area contributed by atoms with Gasteiger partial charge in [-0.2, -0.15) is 0 Å². The predicted octanol–water partition coefficient (Wildman–Crippen LogP) is 1.70. The first kappa shape index (κ1) is 11.5. The van der Waals surface area contributed by atoms with E-state index in [0.29, 0.717) is 18.0 Å². The van der Waals surface area contributed by atoms with E-state index < -0.39 is 0 Å². The van der Waals surface area contributed by atoms with Crippen LogP contribution in [0.5, 0.6) is 0 Å². The van der Waals surface area contributed by atoms with E-state index in [1.807, 2.05) is 6.07 Å². The number of aromatic nitrogens is 3. The molecule has 1 fully saturated rings. The first-order valence-electron chi connectivity index (χ1n) is 6.56. The van der Waals surface area contributed by atoms with E-state index >= 15 is 0 Å². The monoisotopic (exact) mass is 245 g/mol. The SMILES string of the molecule is NCC1(c2nc3nc(N)ccc3[nH]2)CCCCC1. The number of nitrogens with zero attached hydrogens (tertiary/aromatic N) is 2. The molecule has 5 N–H and O–H groups in total. The lowest BCUT2D eigenvalue weighted by Gasteiger charge is -2.34. The minimum Gasteiger partial charge on any atom is -0.384 e. The molecule has 2 heterocycles. The first-order chi connectivity index (χ1) is 8.73. The normalized spacial score (nSPS) is 19.2. The van der Waals surface area contributed by atoms with Gasteiger partial charge in [0.1, 0.15) is 11.6 Å². The number of pyridine rings is 1. The van der Waals surface area contributed by atoms with Gasteiger partial charge in [-0.15, -0.1) is 0 Å². The molecule has 0 unspecified atom stereocenters. The van der Waals surface area contributed by atoms with Gasteiger partial charge in [-0.25, -0.2) is 9.97 Å². The Labute approximate surface area is 106 Å². The summed E-state index contributed by atoms with van der Waals surface area (Å²) in [4.78, 5) is 12.2. The van der Waals surface area contributed by atoms with Crippen molar-refractivity contribution in [1.82, 2.24) is 15.0 Å². The van der Waals surface area contributed by atoms with E-state index in [4.69, 9.17) is 11.5 Å². The number of rotatable bonds is 2. The zero-order chi connectivity index (χ0) is 12.6. The summed E-state index contributed by atoms with van der Waals surface area (Å²) in [5.41, 5.74) is 13.4. The molecule has 3 rings (SSSR count). The number of hydrogen-bond donors (Lipinski definition) is 3. The summed E-state index contributed by atoms with van der Waals surface area (Å²) in [5.74, 6) is 1.49. The predicted molar refractivity (Wildman–Crippen MR) is 72.1 cm³/mol. The van der Waals surface area contributed by atoms with Crippen molar-refractivity contribution >= 4 is 17.0 Å². The van der Waals surface area contributed by atoms with Gasteiger partial charge in [-0.05, 0) is 25.0 Å². The standard InChI is InChI=1S/C13H19N5/c14-8-13(6-2-1-3-7-13)12-16-9-4-5-10(15)17-11(9)18-12/h4-5H,1-3,6-8,14H2,(H3,15,16,17,18). The summed E-state index contributed by atoms with van der Waals surface area (Å²) in [5, 5.41) is 0. The summed E-state index contributed by atoms with van der Waals surface area (Å²) in [7, 11) is 0. The van der Waals surface area contributed by atoms with Crippen molar-refractivity contribution in [2.75, 3.05) is 12.3 Å². The molecule has 18 heavy (non-hydrogen) atoms. The number of nitrogen functional groups attached to an aromatic ring is 1. The summed E-state index contributed by atoms with van der Waals surface area (Å²) in [6, 6.07) is 3.72. The van der Waals surface area contributed by atoms with Crippen molar-refractivity contribution in [1.29, 1.82) is 0 Å². The lowest BCUT2D eigenvalue weighted by Crippen LogP contribution is -2.38. The molecule has 5 heteroatoms. The third kappa shape index (κ3) is 1.75. The van der Waals surface area contributed by atoms with Gasteiger partial charge in [0.2, 0.25) is 0 Å². The Morgan fingerprint density at radius 3 is 2.67 bits per heavy atom. The maximum absolute atomic E-state index is 6.02. The molecular weight excluding hydrogens is 226 g/mol. The van der Waals surface area contributed by atoms with Gasteiger partial charge in [0.15, 0.2) is 5.65 Å². The van der Waals surface area contributed by atoms with Gasteiger partial charge in [0.25, 0.3) is 0 Å². The molecule has 0 radical (unpaired) electrons. The van der Waals surface area contributed by atoms with Crippen LogP contribution in [0.3, 0.4) is 0 Å². The second-order valence-electron chi connectivity index (χ2n) is 5.24. The van der Waals surface area contributed by atoms with Gasteiger partial charge < -0.3 is 16.5 Å². The number of nitrogens with one attached hydrogen (secondary N) is 1. The number of anilines is 1. The summed E-state index contributed by atoms with van der Waals surface area (Å²) >= 11 is 0. The van der Waals surface area contributed by atoms with Gasteiger partial charge in [0.05, 0.1) is 5.52 Å².